The van der Waals surface area contributed by atoms with E-state index in [0.29, 0.717) is 16.8 Å². The van der Waals surface area contributed by atoms with E-state index >= 15 is 0 Å². The van der Waals surface area contributed by atoms with Crippen LogP contribution in [0, 0.1) is 0 Å². The zero-order valence-electron chi connectivity index (χ0n) is 10.8. The van der Waals surface area contributed by atoms with Crippen LogP contribution in [-0.4, -0.2) is 34.2 Å². The maximum Gasteiger partial charge on any atom is 0.259 e. The molecule has 0 spiro atoms. The van der Waals surface area contributed by atoms with Crippen molar-refractivity contribution < 1.29 is 10.0 Å². The number of amidine groups is 1. The molecule has 1 heterocycles. The van der Waals surface area contributed by atoms with E-state index in [1.807, 2.05) is 0 Å². The van der Waals surface area contributed by atoms with Gasteiger partial charge in [-0.25, -0.2) is 0 Å². The second-order valence-corrected chi connectivity index (χ2v) is 4.03. The molecule has 0 aliphatic heterocycles. The lowest BCUT2D eigenvalue weighted by molar-refractivity contribution is 0.0992. The molecular formula is C13H13N5O2. The van der Waals surface area contributed by atoms with Crippen molar-refractivity contribution in [2.75, 3.05) is 11.9 Å². The molecule has 0 radical (unpaired) electrons. The lowest BCUT2D eigenvalue weighted by Crippen LogP contribution is -2.26. The van der Waals surface area contributed by atoms with Crippen LogP contribution >= 0.6 is 0 Å². The van der Waals surface area contributed by atoms with Gasteiger partial charge >= 0.3 is 0 Å². The third-order valence-electron chi connectivity index (χ3n) is 2.77. The van der Waals surface area contributed by atoms with Crippen molar-refractivity contribution in [2.45, 2.75) is 0 Å². The Hall–Kier alpha value is -2.96. The second-order valence-electron chi connectivity index (χ2n) is 4.03. The highest BCUT2D eigenvalue weighted by molar-refractivity contribution is 6.06. The van der Waals surface area contributed by atoms with Crippen LogP contribution in [0.3, 0.4) is 0 Å². The summed E-state index contributed by atoms with van der Waals surface area (Å²) in [5, 5.41) is 18.9. The van der Waals surface area contributed by atoms with Crippen molar-refractivity contribution in [1.82, 2.24) is 10.2 Å². The minimum absolute atomic E-state index is 0.0155. The highest BCUT2D eigenvalue weighted by Crippen LogP contribution is 2.17. The maximum atomic E-state index is 12.2. The summed E-state index contributed by atoms with van der Waals surface area (Å²) in [6.45, 7) is 0. The zero-order chi connectivity index (χ0) is 14.5. The number of oxime groups is 1. The zero-order valence-corrected chi connectivity index (χ0v) is 10.8. The normalized spacial score (nSPS) is 11.2. The number of carbonyl (C=O) groups is 1. The molecule has 0 aliphatic carbocycles. The first-order valence-corrected chi connectivity index (χ1v) is 5.76. The van der Waals surface area contributed by atoms with Crippen molar-refractivity contribution in [3.05, 3.63) is 53.9 Å². The van der Waals surface area contributed by atoms with Gasteiger partial charge in [-0.3, -0.25) is 4.79 Å². The molecule has 102 valence electrons. The van der Waals surface area contributed by atoms with E-state index in [-0.39, 0.29) is 11.7 Å². The van der Waals surface area contributed by atoms with Gasteiger partial charge in [0.05, 0.1) is 18.0 Å². The molecule has 1 amide bonds. The van der Waals surface area contributed by atoms with Crippen LogP contribution in [0.5, 0.6) is 0 Å². The molecule has 0 bridgehead atoms. The van der Waals surface area contributed by atoms with Crippen molar-refractivity contribution >= 4 is 17.4 Å². The van der Waals surface area contributed by atoms with Gasteiger partial charge in [0.25, 0.3) is 5.91 Å². The summed E-state index contributed by atoms with van der Waals surface area (Å²) in [6, 6.07) is 8.39. The molecule has 1 aromatic carbocycles. The van der Waals surface area contributed by atoms with Crippen LogP contribution in [0.15, 0.2) is 47.9 Å². The van der Waals surface area contributed by atoms with E-state index in [1.165, 1.54) is 17.3 Å². The number of rotatable bonds is 3. The van der Waals surface area contributed by atoms with Gasteiger partial charge in [-0.1, -0.05) is 17.3 Å². The molecule has 1 aromatic heterocycles. The van der Waals surface area contributed by atoms with Crippen molar-refractivity contribution in [2.24, 2.45) is 10.9 Å². The van der Waals surface area contributed by atoms with Crippen LogP contribution in [-0.2, 0) is 0 Å². The minimum Gasteiger partial charge on any atom is -0.409 e. The molecule has 0 unspecified atom stereocenters. The van der Waals surface area contributed by atoms with Gasteiger partial charge in [0.15, 0.2) is 5.84 Å². The predicted molar refractivity (Wildman–Crippen MR) is 73.7 cm³/mol. The van der Waals surface area contributed by atoms with Gasteiger partial charge < -0.3 is 15.8 Å². The van der Waals surface area contributed by atoms with E-state index in [2.05, 4.69) is 15.4 Å². The number of hydrogen-bond donors (Lipinski definition) is 2. The van der Waals surface area contributed by atoms with Crippen molar-refractivity contribution in [3.8, 4) is 0 Å². The van der Waals surface area contributed by atoms with Crippen LogP contribution < -0.4 is 10.6 Å². The summed E-state index contributed by atoms with van der Waals surface area (Å²) >= 11 is 0. The number of benzene rings is 1. The van der Waals surface area contributed by atoms with E-state index in [4.69, 9.17) is 10.9 Å². The third kappa shape index (κ3) is 2.72. The molecular weight excluding hydrogens is 258 g/mol. The highest BCUT2D eigenvalue weighted by Gasteiger charge is 2.14. The molecule has 0 saturated carbocycles. The first-order valence-electron chi connectivity index (χ1n) is 5.76. The first-order chi connectivity index (χ1) is 9.63. The lowest BCUT2D eigenvalue weighted by Gasteiger charge is -2.17. The Balaban J connectivity index is 2.30. The second kappa shape index (κ2) is 5.79. The van der Waals surface area contributed by atoms with Crippen LogP contribution in [0.2, 0.25) is 0 Å². The molecule has 2 rings (SSSR count). The number of nitrogens with two attached hydrogens (primary N) is 1. The first kappa shape index (κ1) is 13.5. The molecule has 3 N–H and O–H groups in total. The van der Waals surface area contributed by atoms with Gasteiger partial charge in [-0.15, -0.1) is 0 Å². The smallest absolute Gasteiger partial charge is 0.259 e. The van der Waals surface area contributed by atoms with Crippen LogP contribution in [0.4, 0.5) is 5.69 Å². The average molecular weight is 271 g/mol. The summed E-state index contributed by atoms with van der Waals surface area (Å²) in [6.07, 6.45) is 2.85. The van der Waals surface area contributed by atoms with Gasteiger partial charge in [0, 0.05) is 18.3 Å². The van der Waals surface area contributed by atoms with E-state index < -0.39 is 0 Å². The Morgan fingerprint density at radius 2 is 2.10 bits per heavy atom. The lowest BCUT2D eigenvalue weighted by atomic mass is 10.1. The van der Waals surface area contributed by atoms with Gasteiger partial charge in [0.2, 0.25) is 0 Å². The Kier molecular flexibility index (Phi) is 3.90. The third-order valence-corrected chi connectivity index (χ3v) is 2.77. The number of carbonyl (C=O) groups excluding carboxylic acids is 1. The standard InChI is InChI=1S/C13H13N5O2/c1-18(13(19)10-5-6-15-16-8-10)11-4-2-3-9(7-11)12(14)17-20/h2-8,20H,1H3,(H2,14,17). The van der Waals surface area contributed by atoms with Crippen molar-refractivity contribution in [3.63, 3.8) is 0 Å². The van der Waals surface area contributed by atoms with E-state index in [1.54, 1.807) is 37.4 Å². The monoisotopic (exact) mass is 271 g/mol. The topological polar surface area (TPSA) is 105 Å². The summed E-state index contributed by atoms with van der Waals surface area (Å²) < 4.78 is 0. The number of hydrogen-bond acceptors (Lipinski definition) is 5. The van der Waals surface area contributed by atoms with E-state index in [0.717, 1.165) is 0 Å². The molecule has 2 aromatic rings. The number of anilines is 1. The summed E-state index contributed by atoms with van der Waals surface area (Å²) in [7, 11) is 1.63. The van der Waals surface area contributed by atoms with Gasteiger partial charge in [-0.05, 0) is 18.2 Å². The number of amides is 1. The molecule has 7 nitrogen and oxygen atoms in total. The largest absolute Gasteiger partial charge is 0.409 e. The van der Waals surface area contributed by atoms with Gasteiger partial charge in [-0.2, -0.15) is 10.2 Å². The highest BCUT2D eigenvalue weighted by atomic mass is 16.4. The summed E-state index contributed by atoms with van der Waals surface area (Å²) in [5.41, 5.74) is 7.10. The van der Waals surface area contributed by atoms with Crippen LogP contribution in [0.1, 0.15) is 15.9 Å². The quantitative estimate of drug-likeness (QED) is 0.372. The number of aromatic nitrogens is 2. The maximum absolute atomic E-state index is 12.2. The Morgan fingerprint density at radius 3 is 2.75 bits per heavy atom. The fourth-order valence-electron chi connectivity index (χ4n) is 1.66. The summed E-state index contributed by atoms with van der Waals surface area (Å²) in [5.74, 6) is -0.241. The Bertz CT molecular complexity index is 642. The fourth-order valence-corrected chi connectivity index (χ4v) is 1.66. The molecule has 0 fully saturated rings. The number of nitrogens with zero attached hydrogens (tertiary/aromatic N) is 4. The Labute approximate surface area is 115 Å². The molecule has 0 aliphatic rings. The predicted octanol–water partition coefficient (Wildman–Crippen LogP) is 0.848. The van der Waals surface area contributed by atoms with E-state index in [9.17, 15) is 4.79 Å². The minimum atomic E-state index is -0.225. The molecule has 20 heavy (non-hydrogen) atoms. The molecule has 0 saturated heterocycles. The summed E-state index contributed by atoms with van der Waals surface area (Å²) in [4.78, 5) is 13.7. The van der Waals surface area contributed by atoms with Gasteiger partial charge in [0.1, 0.15) is 0 Å². The molecule has 0 atom stereocenters. The van der Waals surface area contributed by atoms with Crippen LogP contribution in [0.25, 0.3) is 0 Å². The van der Waals surface area contributed by atoms with Crippen molar-refractivity contribution in [1.29, 1.82) is 0 Å². The molecule has 7 heteroatoms. The fraction of sp³-hybridized carbons (Fsp3) is 0.0769. The SMILES string of the molecule is CN(C(=O)c1ccnnc1)c1cccc(/C(N)=N/O)c1. The Morgan fingerprint density at radius 1 is 1.30 bits per heavy atom. The average Bonchev–Trinajstić information content (AvgIpc) is 2.53.